The number of nitrogens with one attached hydrogen (secondary N) is 5. The second-order valence-corrected chi connectivity index (χ2v) is 29.3. The van der Waals surface area contributed by atoms with Crippen LogP contribution in [-0.4, -0.2) is 83.3 Å². The molecule has 6 heterocycles. The number of aromatic amines is 4. The number of ether oxygens (including phenoxy) is 3. The summed E-state index contributed by atoms with van der Waals surface area (Å²) in [6, 6.07) is 0.807. The molecule has 0 saturated carbocycles. The molecule has 0 spiro atoms. The number of rotatable bonds is 12. The SMILES string of the molecule is CC(C)C(=O)O.Cc1c(Cl)nnc(Cl)c1C(C)C.Cc1cc(=O)[nH][nH]c1=O.Cc1cc(Cl)nnc1Cl.[2H]c1c(Cl)c(Oc2n[nH]c(=O)c(C(C)C)c2C)c(Cl)c([2H])c1NC(C)=O.[2H]c1c(N)c([2H])c(Cl)c(O)c1Cl.[2H]c1c(N)c([2H])c(Cl)c(Oc2n[nH]c(=O)c(C(C)C)c2C)c1Cl.[2H]c1c(N)c([2H])c(Cl)c(Oc2nnc(Cl)c(C(C)C)c2C)c1Cl. The number of carboxylic acid groups (broad SMARTS) is 1. The van der Waals surface area contributed by atoms with Crippen LogP contribution in [0.2, 0.25) is 65.9 Å². The minimum atomic E-state index is -0.741. The first kappa shape index (κ1) is 84.8. The van der Waals surface area contributed by atoms with Gasteiger partial charge in [0.1, 0.15) is 0 Å². The third kappa shape index (κ3) is 30.0. The number of aromatic nitrogens is 12. The highest BCUT2D eigenvalue weighted by atomic mass is 35.5. The van der Waals surface area contributed by atoms with Gasteiger partial charge in [0, 0.05) is 74.7 Å². The predicted molar refractivity (Wildman–Crippen MR) is 451 cm³/mol. The van der Waals surface area contributed by atoms with E-state index in [0.717, 1.165) is 22.3 Å². The van der Waals surface area contributed by atoms with Crippen LogP contribution >= 0.6 is 151 Å². The number of anilines is 4. The molecule has 10 aromatic rings. The van der Waals surface area contributed by atoms with Crippen LogP contribution in [0.15, 0.2) is 79.7 Å². The summed E-state index contributed by atoms with van der Waals surface area (Å²) in [5.74, 6) is -1.56. The number of aromatic hydroxyl groups is 1. The van der Waals surface area contributed by atoms with Gasteiger partial charge in [0.2, 0.25) is 23.5 Å². The van der Waals surface area contributed by atoms with Crippen molar-refractivity contribution in [2.24, 2.45) is 5.92 Å². The van der Waals surface area contributed by atoms with E-state index >= 15 is 0 Å². The molecule has 0 aliphatic heterocycles. The van der Waals surface area contributed by atoms with E-state index < -0.39 is 17.6 Å². The molecule has 1 amide bonds. The fraction of sp³-hybridized carbons (Fsp3) is 0.306. The molecule has 40 heteroatoms. The Balaban J connectivity index is 0.000000369. The van der Waals surface area contributed by atoms with Gasteiger partial charge in [-0.15, -0.1) is 40.8 Å². The number of halogens is 13. The average molecular weight is 1810 g/mol. The van der Waals surface area contributed by atoms with Crippen LogP contribution in [0.4, 0.5) is 22.7 Å². The second kappa shape index (κ2) is 45.7. The smallest absolute Gasteiger partial charge is 0.305 e. The number of hydrogen-bond acceptors (Lipinski definition) is 21. The van der Waals surface area contributed by atoms with Crippen LogP contribution in [-0.2, 0) is 9.59 Å². The van der Waals surface area contributed by atoms with Gasteiger partial charge in [-0.25, -0.2) is 10.2 Å². The van der Waals surface area contributed by atoms with E-state index in [-0.39, 0.29) is 192 Å². The number of phenolic OH excluding ortho intramolecular Hbond substituents is 1. The lowest BCUT2D eigenvalue weighted by Crippen LogP contribution is -2.19. The third-order valence-electron chi connectivity index (χ3n) is 13.9. The van der Waals surface area contributed by atoms with Crippen molar-refractivity contribution in [3.8, 4) is 40.6 Å². The Kier molecular flexibility index (Phi) is 34.6. The van der Waals surface area contributed by atoms with Crippen molar-refractivity contribution in [2.75, 3.05) is 22.5 Å². The number of carbonyl (C=O) groups excluding carboxylic acids is 1. The Morgan fingerprint density at radius 3 is 1.10 bits per heavy atom. The van der Waals surface area contributed by atoms with Crippen molar-refractivity contribution < 1.29 is 45.0 Å². The molecule has 0 aliphatic rings. The van der Waals surface area contributed by atoms with Gasteiger partial charge in [-0.3, -0.25) is 39.0 Å². The molecule has 0 radical (unpaired) electrons. The highest BCUT2D eigenvalue weighted by molar-refractivity contribution is 6.40. The van der Waals surface area contributed by atoms with E-state index in [1.165, 1.54) is 13.0 Å². The molecule has 0 fully saturated rings. The van der Waals surface area contributed by atoms with Crippen molar-refractivity contribution >= 4 is 185 Å². The number of carbonyl (C=O) groups is 2. The standard InChI is InChI=1S/C16H17Cl2N3O3.C14H14Cl3N3O.C14H15Cl2N3O2.C8H10Cl2N2.C6H5Cl2NO.C5H4Cl2N2.C5H6N2O2.C4H8O2/c1-7(2)13-8(3)16(21-20-15(13)23)24-14-11(17)5-10(6-12(14)18)19-9(4)22;1-6(2)11-7(3)14(20-19-13(11)17)21-12-9(15)4-8(18)5-10(12)16;1-6(2)11-7(3)14(19-18-13(11)20)21-12-9(15)4-8(17)5-10(12)16;1-4(2)6-5(3)7(9)11-12-8(6)10;7-4-1-3(9)2-5(8)6(4)10;1-3-2-4(6)8-9-5(3)7;1-3-2-4(8)6-7-5(3)9;1-3(2)4(5)6/h5-7H,1-4H3,(H,19,22)(H,20,23);4-6H,18H2,1-3H3;4-6H,17H2,1-3H3,(H,18,20);4H,1-3H3;1-2,10H,9H2;2H,1H3;2H,1H3,(H,6,8)(H,7,9);3H,1-2H3,(H,5,6)/i5D,6D;2*4D,5D;;1D,2D;;;. The van der Waals surface area contributed by atoms with E-state index in [4.69, 9.17) is 203 Å². The lowest BCUT2D eigenvalue weighted by atomic mass is 10.0. The lowest BCUT2D eigenvalue weighted by Gasteiger charge is -2.15. The fourth-order valence-corrected chi connectivity index (χ4v) is 11.9. The normalized spacial score (nSPS) is 11.5. The number of H-pyrrole nitrogens is 4. The summed E-state index contributed by atoms with van der Waals surface area (Å²) >= 11 is 76.3. The molecule has 4 aromatic carbocycles. The monoisotopic (exact) mass is 1810 g/mol. The van der Waals surface area contributed by atoms with Gasteiger partial charge in [0.25, 0.3) is 22.2 Å². The van der Waals surface area contributed by atoms with Gasteiger partial charge in [0.15, 0.2) is 48.8 Å². The van der Waals surface area contributed by atoms with E-state index in [9.17, 15) is 28.8 Å². The molecule has 0 atom stereocenters. The molecule has 112 heavy (non-hydrogen) atoms. The number of benzene rings is 4. The zero-order chi connectivity index (χ0) is 92.3. The average Bonchev–Trinajstić information content (AvgIpc) is 0.776. The Bertz CT molecular complexity index is 5530. The van der Waals surface area contributed by atoms with Crippen molar-refractivity contribution in [3.63, 3.8) is 0 Å². The summed E-state index contributed by atoms with van der Waals surface area (Å²) < 4.78 is 78.6. The maximum atomic E-state index is 11.9. The van der Waals surface area contributed by atoms with Gasteiger partial charge in [-0.1, -0.05) is 220 Å². The maximum Gasteiger partial charge on any atom is 0.305 e. The van der Waals surface area contributed by atoms with Crippen molar-refractivity contribution in [3.05, 3.63) is 223 Å². The number of amides is 1. The number of nitrogens with zero attached hydrogens (tertiary/aromatic N) is 8. The van der Waals surface area contributed by atoms with E-state index in [1.54, 1.807) is 47.6 Å². The van der Waals surface area contributed by atoms with Gasteiger partial charge in [0.05, 0.1) is 57.1 Å². The van der Waals surface area contributed by atoms with Crippen LogP contribution in [0.5, 0.6) is 40.6 Å². The predicted octanol–water partition coefficient (Wildman–Crippen LogP) is 21.1. The van der Waals surface area contributed by atoms with E-state index in [2.05, 4.69) is 66.5 Å². The summed E-state index contributed by atoms with van der Waals surface area (Å²) in [7, 11) is 0. The Morgan fingerprint density at radius 2 is 0.768 bits per heavy atom. The first-order chi connectivity index (χ1) is 55.4. The number of hydrogen-bond donors (Lipinski definition) is 10. The van der Waals surface area contributed by atoms with E-state index in [1.807, 2.05) is 69.2 Å². The van der Waals surface area contributed by atoms with Crippen molar-refractivity contribution in [2.45, 2.75) is 141 Å². The Hall–Kier alpha value is -8.13. The highest BCUT2D eigenvalue weighted by Crippen LogP contribution is 2.43. The minimum Gasteiger partial charge on any atom is -0.505 e. The first-order valence-corrected chi connectivity index (χ1v) is 37.1. The Morgan fingerprint density at radius 1 is 0.438 bits per heavy atom. The molecule has 0 bridgehead atoms. The zero-order valence-electron chi connectivity index (χ0n) is 70.3. The molecular weight excluding hydrogens is 1730 g/mol. The number of carboxylic acids is 1. The molecule has 0 unspecified atom stereocenters. The molecule has 13 N–H and O–H groups in total. The largest absolute Gasteiger partial charge is 0.505 e. The second-order valence-electron chi connectivity index (χ2n) is 24.4. The summed E-state index contributed by atoms with van der Waals surface area (Å²) in [5, 5.41) is 59.2. The van der Waals surface area contributed by atoms with Gasteiger partial charge < -0.3 is 46.9 Å². The van der Waals surface area contributed by atoms with Gasteiger partial charge in [-0.05, 0) is 136 Å². The van der Waals surface area contributed by atoms with Crippen molar-refractivity contribution in [1.82, 2.24) is 61.2 Å². The van der Waals surface area contributed by atoms with Crippen LogP contribution in [0, 0.1) is 47.5 Å². The number of nitrogens with two attached hydrogens (primary N) is 3. The number of aliphatic carboxylic acids is 1. The lowest BCUT2D eigenvalue weighted by molar-refractivity contribution is -0.140. The van der Waals surface area contributed by atoms with Crippen LogP contribution in [0.3, 0.4) is 0 Å². The van der Waals surface area contributed by atoms with Crippen LogP contribution < -0.4 is 59.0 Å². The quantitative estimate of drug-likeness (QED) is 0.0401. The molecule has 6 aromatic heterocycles. The van der Waals surface area contributed by atoms with E-state index in [0.29, 0.717) is 65.1 Å². The minimum absolute atomic E-state index is 0.0417. The summed E-state index contributed by atoms with van der Waals surface area (Å²) in [4.78, 5) is 65.7. The molecule has 10 rings (SSSR count). The van der Waals surface area contributed by atoms with Gasteiger partial charge in [-0.2, -0.15) is 0 Å². The van der Waals surface area contributed by atoms with Crippen LogP contribution in [0.1, 0.15) is 166 Å². The zero-order valence-corrected chi connectivity index (χ0v) is 72.2. The van der Waals surface area contributed by atoms with Crippen molar-refractivity contribution in [1.29, 1.82) is 0 Å². The Labute approximate surface area is 720 Å². The number of aryl methyl sites for hydroxylation is 2. The maximum absolute atomic E-state index is 11.9. The first-order valence-electron chi connectivity index (χ1n) is 36.2. The third-order valence-corrected chi connectivity index (χ3v) is 17.6. The summed E-state index contributed by atoms with van der Waals surface area (Å²) in [6.07, 6.45) is 0. The molecule has 27 nitrogen and oxygen atoms in total. The topological polar surface area (TPSA) is 427 Å². The molecule has 0 saturated heterocycles. The fourth-order valence-electron chi connectivity index (χ4n) is 8.71. The molecule has 604 valence electrons. The molecule has 0 aliphatic carbocycles. The number of phenols is 1. The summed E-state index contributed by atoms with van der Waals surface area (Å²) in [6.45, 7) is 30.4. The number of nitrogen functional groups attached to an aromatic ring is 3. The molecular formula is C72H79Cl13N16O11. The van der Waals surface area contributed by atoms with Crippen LogP contribution in [0.25, 0.3) is 0 Å². The summed E-state index contributed by atoms with van der Waals surface area (Å²) in [5.41, 5.74) is 21.5. The van der Waals surface area contributed by atoms with Gasteiger partial charge >= 0.3 is 5.97 Å². The highest BCUT2D eigenvalue weighted by Gasteiger charge is 2.23.